The van der Waals surface area contributed by atoms with Gasteiger partial charge in [-0.3, -0.25) is 0 Å². The maximum absolute atomic E-state index is 11.4. The molecule has 0 atom stereocenters. The number of hydrogen-bond acceptors (Lipinski definition) is 5. The summed E-state index contributed by atoms with van der Waals surface area (Å²) in [5.74, 6) is 0. The molecule has 0 aliphatic heterocycles. The van der Waals surface area contributed by atoms with Gasteiger partial charge < -0.3 is 6.15 Å². The number of hydrogen-bond donors (Lipinski definition) is 1. The van der Waals surface area contributed by atoms with E-state index in [9.17, 15) is 8.42 Å². The Kier molecular flexibility index (Phi) is 24.8. The van der Waals surface area contributed by atoms with Crippen LogP contribution >= 0.6 is 0 Å². The lowest BCUT2D eigenvalue weighted by atomic mass is 10.0. The van der Waals surface area contributed by atoms with Crippen molar-refractivity contribution < 1.29 is 16.8 Å². The van der Waals surface area contributed by atoms with Gasteiger partial charge in [-0.05, 0) is 12.8 Å². The second kappa shape index (κ2) is 23.1. The van der Waals surface area contributed by atoms with Crippen LogP contribution in [-0.2, 0) is 18.8 Å². The number of unbranched alkanes of at least 4 members (excludes halogenated alkanes) is 16. The molecule has 0 radical (unpaired) electrons. The van der Waals surface area contributed by atoms with Crippen LogP contribution in [0.25, 0.3) is 0 Å². The number of rotatable bonds is 22. The molecule has 172 valence electrons. The van der Waals surface area contributed by atoms with E-state index in [1.165, 1.54) is 83.5 Å². The molecule has 5 nitrogen and oxygen atoms in total. The third-order valence-corrected chi connectivity index (χ3v) is 5.86. The van der Waals surface area contributed by atoms with Crippen LogP contribution in [-0.4, -0.2) is 21.6 Å². The molecule has 0 rings (SSSR count). The molecule has 0 amide bonds. The molecule has 0 fully saturated rings. The zero-order valence-corrected chi connectivity index (χ0v) is 19.7. The topological polar surface area (TPSA) is 87.6 Å². The highest BCUT2D eigenvalue weighted by molar-refractivity contribution is 7.81. The molecule has 0 aromatic rings. The SMILES string of the molecule is CCCCCCCCCCCCCCCCCCOS(=O)(=O)OCCCC.N. The summed E-state index contributed by atoms with van der Waals surface area (Å²) in [5.41, 5.74) is 0. The van der Waals surface area contributed by atoms with E-state index in [1.54, 1.807) is 0 Å². The van der Waals surface area contributed by atoms with E-state index in [2.05, 4.69) is 6.92 Å². The van der Waals surface area contributed by atoms with Crippen LogP contribution in [0.4, 0.5) is 0 Å². The summed E-state index contributed by atoms with van der Waals surface area (Å²) in [5, 5.41) is 0. The average molecular weight is 424 g/mol. The van der Waals surface area contributed by atoms with E-state index in [0.29, 0.717) is 0 Å². The Balaban J connectivity index is 0. The van der Waals surface area contributed by atoms with Gasteiger partial charge in [0.2, 0.25) is 0 Å². The Bertz CT molecular complexity index is 388. The van der Waals surface area contributed by atoms with Crippen molar-refractivity contribution in [1.29, 1.82) is 0 Å². The van der Waals surface area contributed by atoms with Gasteiger partial charge in [0.1, 0.15) is 0 Å². The molecule has 28 heavy (non-hydrogen) atoms. The summed E-state index contributed by atoms with van der Waals surface area (Å²) < 4.78 is 32.4. The van der Waals surface area contributed by atoms with Crippen LogP contribution in [0.1, 0.15) is 129 Å². The van der Waals surface area contributed by atoms with Crippen LogP contribution in [0.15, 0.2) is 0 Å². The monoisotopic (exact) mass is 423 g/mol. The highest BCUT2D eigenvalue weighted by Crippen LogP contribution is 2.13. The van der Waals surface area contributed by atoms with Gasteiger partial charge in [0.25, 0.3) is 0 Å². The third kappa shape index (κ3) is 23.9. The molecule has 0 saturated heterocycles. The fourth-order valence-corrected chi connectivity index (χ4v) is 3.86. The third-order valence-electron chi connectivity index (χ3n) is 4.95. The van der Waals surface area contributed by atoms with Gasteiger partial charge in [0.05, 0.1) is 13.2 Å². The van der Waals surface area contributed by atoms with Crippen molar-refractivity contribution in [3.63, 3.8) is 0 Å². The Morgan fingerprint density at radius 1 is 0.464 bits per heavy atom. The van der Waals surface area contributed by atoms with Crippen molar-refractivity contribution in [2.24, 2.45) is 0 Å². The highest BCUT2D eigenvalue weighted by Gasteiger charge is 2.10. The van der Waals surface area contributed by atoms with Crippen LogP contribution in [0.3, 0.4) is 0 Å². The molecule has 0 heterocycles. The minimum absolute atomic E-state index is 0. The molecule has 3 N–H and O–H groups in total. The molecule has 6 heteroatoms. The lowest BCUT2D eigenvalue weighted by Gasteiger charge is -2.06. The second-order valence-electron chi connectivity index (χ2n) is 7.71. The van der Waals surface area contributed by atoms with Gasteiger partial charge in [-0.25, -0.2) is 8.37 Å². The molecule has 0 aromatic carbocycles. The first-order chi connectivity index (χ1) is 13.1. The molecule has 0 aliphatic carbocycles. The van der Waals surface area contributed by atoms with Crippen LogP contribution in [0.2, 0.25) is 0 Å². The van der Waals surface area contributed by atoms with E-state index in [0.717, 1.165) is 32.1 Å². The first kappa shape index (κ1) is 30.0. The second-order valence-corrected chi connectivity index (χ2v) is 9.00. The van der Waals surface area contributed by atoms with Crippen molar-refractivity contribution in [2.45, 2.75) is 129 Å². The Morgan fingerprint density at radius 3 is 1.11 bits per heavy atom. The van der Waals surface area contributed by atoms with Gasteiger partial charge in [0.15, 0.2) is 0 Å². The van der Waals surface area contributed by atoms with Crippen molar-refractivity contribution >= 4 is 10.4 Å². The summed E-state index contributed by atoms with van der Waals surface area (Å²) in [4.78, 5) is 0. The largest absolute Gasteiger partial charge is 0.399 e. The minimum Gasteiger partial charge on any atom is -0.344 e. The molecular formula is C22H49NO4S. The van der Waals surface area contributed by atoms with Crippen LogP contribution in [0, 0.1) is 0 Å². The standard InChI is InChI=1S/C22H46O4S.H3N/c1-3-5-7-8-9-10-11-12-13-14-15-16-17-18-19-20-22-26-27(23,24)25-21-6-4-2;/h3-22H2,1-2H3;1H3. The zero-order chi connectivity index (χ0) is 20.1. The summed E-state index contributed by atoms with van der Waals surface area (Å²) >= 11 is 0. The summed E-state index contributed by atoms with van der Waals surface area (Å²) in [6, 6.07) is 0. The Morgan fingerprint density at radius 2 is 0.750 bits per heavy atom. The van der Waals surface area contributed by atoms with Gasteiger partial charge in [0, 0.05) is 0 Å². The van der Waals surface area contributed by atoms with Crippen molar-refractivity contribution in [3.8, 4) is 0 Å². The van der Waals surface area contributed by atoms with Gasteiger partial charge >= 0.3 is 10.4 Å². The fraction of sp³-hybridized carbons (Fsp3) is 1.00. The maximum Gasteiger partial charge on any atom is 0.399 e. The summed E-state index contributed by atoms with van der Waals surface area (Å²) in [6.45, 7) is 4.73. The predicted molar refractivity (Wildman–Crippen MR) is 120 cm³/mol. The van der Waals surface area contributed by atoms with E-state index < -0.39 is 10.4 Å². The Hall–Kier alpha value is -0.170. The molecule has 0 aliphatic rings. The van der Waals surface area contributed by atoms with E-state index >= 15 is 0 Å². The van der Waals surface area contributed by atoms with Gasteiger partial charge in [-0.15, -0.1) is 0 Å². The fourth-order valence-electron chi connectivity index (χ4n) is 3.15. The molecule has 0 spiro atoms. The van der Waals surface area contributed by atoms with Gasteiger partial charge in [-0.1, -0.05) is 117 Å². The molecule has 0 bridgehead atoms. The lowest BCUT2D eigenvalue weighted by Crippen LogP contribution is -2.11. The minimum atomic E-state index is -3.77. The van der Waals surface area contributed by atoms with Crippen molar-refractivity contribution in [1.82, 2.24) is 6.15 Å². The normalized spacial score (nSPS) is 11.5. The lowest BCUT2D eigenvalue weighted by molar-refractivity contribution is 0.209. The summed E-state index contributed by atoms with van der Waals surface area (Å²) in [7, 11) is -3.77. The molecular weight excluding hydrogens is 374 g/mol. The quantitative estimate of drug-likeness (QED) is 0.182. The molecule has 0 saturated carbocycles. The van der Waals surface area contributed by atoms with Crippen LogP contribution in [0.5, 0.6) is 0 Å². The molecule has 0 unspecified atom stereocenters. The van der Waals surface area contributed by atoms with E-state index in [4.69, 9.17) is 8.37 Å². The first-order valence-corrected chi connectivity index (χ1v) is 13.0. The van der Waals surface area contributed by atoms with Crippen molar-refractivity contribution in [3.05, 3.63) is 0 Å². The highest BCUT2D eigenvalue weighted by atomic mass is 32.3. The Labute approximate surface area is 176 Å². The smallest absolute Gasteiger partial charge is 0.344 e. The van der Waals surface area contributed by atoms with Crippen molar-refractivity contribution in [2.75, 3.05) is 13.2 Å². The summed E-state index contributed by atoms with van der Waals surface area (Å²) in [6.07, 6.45) is 22.5. The van der Waals surface area contributed by atoms with Gasteiger partial charge in [-0.2, -0.15) is 8.42 Å². The first-order valence-electron chi connectivity index (χ1n) is 11.7. The zero-order valence-electron chi connectivity index (χ0n) is 18.9. The molecule has 0 aromatic heterocycles. The average Bonchev–Trinajstić information content (AvgIpc) is 2.64. The van der Waals surface area contributed by atoms with E-state index in [-0.39, 0.29) is 19.4 Å². The predicted octanol–water partition coefficient (Wildman–Crippen LogP) is 7.49. The maximum atomic E-state index is 11.4. The van der Waals surface area contributed by atoms with Crippen LogP contribution < -0.4 is 6.15 Å². The van der Waals surface area contributed by atoms with E-state index in [1.807, 2.05) is 6.92 Å².